The van der Waals surface area contributed by atoms with E-state index < -0.39 is 41.8 Å². The maximum atomic E-state index is 14.3. The Labute approximate surface area is 340 Å². The molecule has 4 N–H and O–H groups in total. The number of carbonyl (C=O) groups is 4. The molecule has 1 aliphatic carbocycles. The number of alkyl carbamates (subject to hydrolysis) is 2. The summed E-state index contributed by atoms with van der Waals surface area (Å²) in [6, 6.07) is 42.5. The van der Waals surface area contributed by atoms with Gasteiger partial charge >= 0.3 is 12.2 Å². The summed E-state index contributed by atoms with van der Waals surface area (Å²) in [6.45, 7) is 5.76. The van der Waals surface area contributed by atoms with Crippen LogP contribution in [0.25, 0.3) is 11.1 Å². The average molecular weight is 781 g/mol. The molecule has 0 fully saturated rings. The van der Waals surface area contributed by atoms with E-state index in [4.69, 9.17) is 9.47 Å². The van der Waals surface area contributed by atoms with Crippen molar-refractivity contribution >= 4 is 24.0 Å². The first kappa shape index (κ1) is 41.2. The van der Waals surface area contributed by atoms with Gasteiger partial charge in [0.05, 0.1) is 6.04 Å². The van der Waals surface area contributed by atoms with Gasteiger partial charge in [0.15, 0.2) is 0 Å². The Morgan fingerprint density at radius 1 is 0.586 bits per heavy atom. The highest BCUT2D eigenvalue weighted by atomic mass is 16.6. The molecule has 0 aromatic heterocycles. The van der Waals surface area contributed by atoms with Crippen LogP contribution in [0.3, 0.4) is 0 Å². The first-order valence-electron chi connectivity index (χ1n) is 19.9. The van der Waals surface area contributed by atoms with Gasteiger partial charge in [0, 0.05) is 18.9 Å². The number of hydrogen-bond acceptors (Lipinski definition) is 6. The first-order valence-corrected chi connectivity index (χ1v) is 19.9. The van der Waals surface area contributed by atoms with Gasteiger partial charge < -0.3 is 30.7 Å². The fourth-order valence-electron chi connectivity index (χ4n) is 7.25. The Morgan fingerprint density at radius 3 is 1.67 bits per heavy atom. The van der Waals surface area contributed by atoms with E-state index in [2.05, 4.69) is 33.4 Å². The number of benzene rings is 5. The summed E-state index contributed by atoms with van der Waals surface area (Å²) in [6.07, 6.45) is 0.147. The van der Waals surface area contributed by atoms with Crippen LogP contribution in [0.1, 0.15) is 79.8 Å². The van der Waals surface area contributed by atoms with Crippen molar-refractivity contribution in [3.63, 3.8) is 0 Å². The summed E-state index contributed by atoms with van der Waals surface area (Å²) in [5.41, 5.74) is 6.36. The van der Waals surface area contributed by atoms with Crippen LogP contribution in [0.2, 0.25) is 0 Å². The van der Waals surface area contributed by atoms with Gasteiger partial charge in [-0.25, -0.2) is 9.59 Å². The molecule has 5 aromatic carbocycles. The number of amides is 4. The van der Waals surface area contributed by atoms with E-state index in [-0.39, 0.29) is 31.3 Å². The molecule has 0 unspecified atom stereocenters. The molecule has 2 atom stereocenters. The molecule has 300 valence electrons. The fraction of sp³-hybridized carbons (Fsp3) is 0.292. The third kappa shape index (κ3) is 11.3. The second-order valence-electron chi connectivity index (χ2n) is 15.5. The van der Waals surface area contributed by atoms with Crippen LogP contribution in [0.4, 0.5) is 9.59 Å². The van der Waals surface area contributed by atoms with Crippen LogP contribution >= 0.6 is 0 Å². The van der Waals surface area contributed by atoms with Gasteiger partial charge in [-0.1, -0.05) is 140 Å². The first-order chi connectivity index (χ1) is 28.1. The number of rotatable bonds is 16. The highest BCUT2D eigenvalue weighted by Gasteiger charge is 2.32. The van der Waals surface area contributed by atoms with E-state index in [1.165, 1.54) is 0 Å². The standard InChI is InChI=1S/C48H52N4O6/c1-48(2,3)58-46(55)49-30-18-17-29-41(51-47(56)57-32-40-38-27-15-13-25-36(38)37-26-14-16-28-39(37)40)44(53)50-42(31-33-19-7-4-8-20-33)45(54)52-43(34-21-9-5-10-22-34)35-23-11-6-12-24-35/h4-16,19-28,40-43H,17-18,29-32H2,1-3H3,(H,49,55)(H,50,53)(H,51,56)(H,52,54)/t41-,42+/m1/s1. The molecule has 0 saturated carbocycles. The molecule has 6 rings (SSSR count). The molecule has 1 aliphatic rings. The van der Waals surface area contributed by atoms with Crippen LogP contribution < -0.4 is 21.3 Å². The molecule has 4 amide bonds. The largest absolute Gasteiger partial charge is 0.449 e. The third-order valence-electron chi connectivity index (χ3n) is 10.0. The summed E-state index contributed by atoms with van der Waals surface area (Å²) >= 11 is 0. The quantitative estimate of drug-likeness (QED) is 0.0746. The molecule has 0 saturated heterocycles. The zero-order valence-corrected chi connectivity index (χ0v) is 33.3. The minimum Gasteiger partial charge on any atom is -0.449 e. The third-order valence-corrected chi connectivity index (χ3v) is 10.0. The molecule has 0 bridgehead atoms. The fourth-order valence-corrected chi connectivity index (χ4v) is 7.25. The number of carbonyl (C=O) groups excluding carboxylic acids is 4. The summed E-state index contributed by atoms with van der Waals surface area (Å²) < 4.78 is 11.2. The minimum absolute atomic E-state index is 0.0768. The number of fused-ring (bicyclic) bond motifs is 3. The van der Waals surface area contributed by atoms with Crippen LogP contribution in [0.5, 0.6) is 0 Å². The second kappa shape index (κ2) is 19.6. The maximum Gasteiger partial charge on any atom is 0.407 e. The van der Waals surface area contributed by atoms with E-state index in [1.807, 2.05) is 127 Å². The molecule has 58 heavy (non-hydrogen) atoms. The Hall–Kier alpha value is -6.42. The maximum absolute atomic E-state index is 14.3. The van der Waals surface area contributed by atoms with Gasteiger partial charge in [-0.05, 0) is 79.0 Å². The number of nitrogens with one attached hydrogen (secondary N) is 4. The van der Waals surface area contributed by atoms with Crippen LogP contribution in [0, 0.1) is 0 Å². The van der Waals surface area contributed by atoms with Crippen LogP contribution in [0.15, 0.2) is 140 Å². The van der Waals surface area contributed by atoms with Crippen molar-refractivity contribution in [1.82, 2.24) is 21.3 Å². The number of ether oxygens (including phenoxy) is 2. The lowest BCUT2D eigenvalue weighted by Gasteiger charge is -2.26. The van der Waals surface area contributed by atoms with E-state index in [9.17, 15) is 19.2 Å². The normalized spacial score (nSPS) is 13.0. The molecule has 5 aromatic rings. The summed E-state index contributed by atoms with van der Waals surface area (Å²) in [5, 5.41) is 11.7. The lowest BCUT2D eigenvalue weighted by molar-refractivity contribution is -0.130. The van der Waals surface area contributed by atoms with Gasteiger partial charge in [0.1, 0.15) is 24.3 Å². The zero-order valence-electron chi connectivity index (χ0n) is 33.3. The Kier molecular flexibility index (Phi) is 14.0. The Balaban J connectivity index is 1.18. The molecule has 10 nitrogen and oxygen atoms in total. The minimum atomic E-state index is -1.04. The Morgan fingerprint density at radius 2 is 1.10 bits per heavy atom. The van der Waals surface area contributed by atoms with Gasteiger partial charge in [0.25, 0.3) is 0 Å². The van der Waals surface area contributed by atoms with Crippen molar-refractivity contribution in [2.75, 3.05) is 13.2 Å². The zero-order chi connectivity index (χ0) is 40.9. The van der Waals surface area contributed by atoms with Crippen LogP contribution in [-0.4, -0.2) is 54.8 Å². The molecule has 0 radical (unpaired) electrons. The highest BCUT2D eigenvalue weighted by Crippen LogP contribution is 2.44. The smallest absolute Gasteiger partial charge is 0.407 e. The topological polar surface area (TPSA) is 135 Å². The van der Waals surface area contributed by atoms with Crippen molar-refractivity contribution in [3.05, 3.63) is 167 Å². The monoisotopic (exact) mass is 780 g/mol. The summed E-state index contributed by atoms with van der Waals surface area (Å²) in [4.78, 5) is 54.4. The Bertz CT molecular complexity index is 2050. The number of unbranched alkanes of at least 4 members (excludes halogenated alkanes) is 1. The van der Waals surface area contributed by atoms with Crippen molar-refractivity contribution in [2.24, 2.45) is 0 Å². The summed E-state index contributed by atoms with van der Waals surface area (Å²) in [5.74, 6) is -1.07. The highest BCUT2D eigenvalue weighted by molar-refractivity contribution is 5.92. The SMILES string of the molecule is CC(C)(C)OC(=O)NCCCC[C@@H](NC(=O)OCC1c2ccccc2-c2ccccc21)C(=O)N[C@@H](Cc1ccccc1)C(=O)NC(c1ccccc1)c1ccccc1. The van der Waals surface area contributed by atoms with Gasteiger partial charge in [-0.3, -0.25) is 9.59 Å². The molecule has 10 heteroatoms. The molecule has 0 aliphatic heterocycles. The van der Waals surface area contributed by atoms with Crippen molar-refractivity contribution in [2.45, 2.75) is 76.1 Å². The van der Waals surface area contributed by atoms with Crippen molar-refractivity contribution in [1.29, 1.82) is 0 Å². The van der Waals surface area contributed by atoms with Crippen molar-refractivity contribution < 1.29 is 28.7 Å². The van der Waals surface area contributed by atoms with E-state index in [1.54, 1.807) is 20.8 Å². The van der Waals surface area contributed by atoms with Crippen LogP contribution in [-0.2, 0) is 25.5 Å². The molecule has 0 spiro atoms. The lowest BCUT2D eigenvalue weighted by Crippen LogP contribution is -2.55. The van der Waals surface area contributed by atoms with E-state index in [0.717, 1.165) is 38.9 Å². The predicted molar refractivity (Wildman–Crippen MR) is 225 cm³/mol. The molecule has 0 heterocycles. The molecular formula is C48H52N4O6. The average Bonchev–Trinajstić information content (AvgIpc) is 3.54. The van der Waals surface area contributed by atoms with Gasteiger partial charge in [0.2, 0.25) is 11.8 Å². The molecular weight excluding hydrogens is 729 g/mol. The van der Waals surface area contributed by atoms with E-state index in [0.29, 0.717) is 19.4 Å². The second-order valence-corrected chi connectivity index (χ2v) is 15.5. The predicted octanol–water partition coefficient (Wildman–Crippen LogP) is 8.22. The van der Waals surface area contributed by atoms with Crippen molar-refractivity contribution in [3.8, 4) is 11.1 Å². The lowest BCUT2D eigenvalue weighted by atomic mass is 9.97. The van der Waals surface area contributed by atoms with Gasteiger partial charge in [-0.15, -0.1) is 0 Å². The van der Waals surface area contributed by atoms with E-state index >= 15 is 0 Å². The number of hydrogen-bond donors (Lipinski definition) is 4. The summed E-state index contributed by atoms with van der Waals surface area (Å²) in [7, 11) is 0. The van der Waals surface area contributed by atoms with Gasteiger partial charge in [-0.2, -0.15) is 0 Å².